The molecule has 0 atom stereocenters. The minimum absolute atomic E-state index is 0.150. The molecule has 7 nitrogen and oxygen atoms in total. The van der Waals surface area contributed by atoms with Gasteiger partial charge in [-0.1, -0.05) is 32.9 Å². The molecule has 2 aromatic heterocycles. The van der Waals surface area contributed by atoms with Crippen LogP contribution in [0, 0.1) is 0 Å². The van der Waals surface area contributed by atoms with Crippen LogP contribution < -0.4 is 5.32 Å². The van der Waals surface area contributed by atoms with Crippen molar-refractivity contribution in [2.24, 2.45) is 0 Å². The van der Waals surface area contributed by atoms with Crippen molar-refractivity contribution >= 4 is 17.4 Å². The molecule has 0 fully saturated rings. The summed E-state index contributed by atoms with van der Waals surface area (Å²) in [5.74, 6) is 1.23. The summed E-state index contributed by atoms with van der Waals surface area (Å²) >= 11 is 0. The lowest BCUT2D eigenvalue weighted by molar-refractivity contribution is 0.00695. The third-order valence-corrected chi connectivity index (χ3v) is 4.00. The lowest BCUT2D eigenvalue weighted by Crippen LogP contribution is -2.23. The first-order valence-corrected chi connectivity index (χ1v) is 9.32. The molecule has 0 aliphatic rings. The fraction of sp³-hybridized carbons (Fsp3) is 0.429. The number of ether oxygens (including phenoxy) is 1. The van der Waals surface area contributed by atoms with Crippen molar-refractivity contribution in [2.75, 3.05) is 5.32 Å². The number of carbonyl (C=O) groups excluding carboxylic acids is 1. The number of rotatable bonds is 4. The van der Waals surface area contributed by atoms with Gasteiger partial charge in [0.25, 0.3) is 0 Å². The van der Waals surface area contributed by atoms with Gasteiger partial charge in [0.15, 0.2) is 11.5 Å². The zero-order valence-corrected chi connectivity index (χ0v) is 17.3. The summed E-state index contributed by atoms with van der Waals surface area (Å²) in [6.07, 6.45) is 0. The number of carbonyl (C=O) groups is 1. The lowest BCUT2D eigenvalue weighted by Gasteiger charge is -2.19. The largest absolute Gasteiger partial charge is 0.456 e. The molecule has 0 aliphatic heterocycles. The molecule has 0 radical (unpaired) electrons. The van der Waals surface area contributed by atoms with Crippen LogP contribution in [0.25, 0.3) is 5.65 Å². The number of hydrogen-bond acceptors (Lipinski definition) is 6. The van der Waals surface area contributed by atoms with Gasteiger partial charge in [-0.05, 0) is 50.6 Å². The highest BCUT2D eigenvalue weighted by atomic mass is 16.6. The highest BCUT2D eigenvalue weighted by molar-refractivity contribution is 5.89. The predicted molar refractivity (Wildman–Crippen MR) is 108 cm³/mol. The fourth-order valence-corrected chi connectivity index (χ4v) is 2.64. The summed E-state index contributed by atoms with van der Waals surface area (Å²) in [7, 11) is 0. The molecule has 3 rings (SSSR count). The molecular formula is C21H27N5O2. The Bertz CT molecular complexity index is 979. The van der Waals surface area contributed by atoms with Crippen LogP contribution in [0.15, 0.2) is 36.4 Å². The third kappa shape index (κ3) is 4.65. The molecule has 0 bridgehead atoms. The summed E-state index contributed by atoms with van der Waals surface area (Å²) in [5, 5.41) is 16.3. The van der Waals surface area contributed by atoms with Gasteiger partial charge in [-0.15, -0.1) is 15.3 Å². The molecule has 0 spiro atoms. The second kappa shape index (κ2) is 7.22. The minimum atomic E-state index is -0.504. The minimum Gasteiger partial charge on any atom is -0.456 e. The van der Waals surface area contributed by atoms with Crippen LogP contribution in [-0.2, 0) is 16.7 Å². The Kier molecular flexibility index (Phi) is 5.10. The molecule has 2 heterocycles. The van der Waals surface area contributed by atoms with E-state index in [1.165, 1.54) is 0 Å². The Morgan fingerprint density at radius 3 is 2.29 bits per heavy atom. The van der Waals surface area contributed by atoms with Gasteiger partial charge in [0.05, 0.1) is 5.56 Å². The van der Waals surface area contributed by atoms with Gasteiger partial charge >= 0.3 is 5.97 Å². The van der Waals surface area contributed by atoms with Crippen molar-refractivity contribution in [1.29, 1.82) is 0 Å². The SMILES string of the molecule is CC(C)(C)OC(=O)c1ccc(CNc2ccc3nnc(C(C)(C)C)n3n2)cc1. The monoisotopic (exact) mass is 381 g/mol. The summed E-state index contributed by atoms with van der Waals surface area (Å²) in [6.45, 7) is 12.4. The van der Waals surface area contributed by atoms with E-state index in [1.54, 1.807) is 16.6 Å². The Balaban J connectivity index is 1.69. The normalized spacial score (nSPS) is 12.2. The first kappa shape index (κ1) is 19.8. The first-order valence-electron chi connectivity index (χ1n) is 9.32. The van der Waals surface area contributed by atoms with E-state index in [4.69, 9.17) is 4.74 Å². The van der Waals surface area contributed by atoms with Crippen molar-refractivity contribution in [3.63, 3.8) is 0 Å². The molecule has 1 aromatic carbocycles. The second-order valence-electron chi connectivity index (χ2n) is 8.81. The van der Waals surface area contributed by atoms with E-state index < -0.39 is 5.60 Å². The Morgan fingerprint density at radius 1 is 1.00 bits per heavy atom. The smallest absolute Gasteiger partial charge is 0.338 e. The van der Waals surface area contributed by atoms with Crippen LogP contribution in [0.5, 0.6) is 0 Å². The quantitative estimate of drug-likeness (QED) is 0.688. The topological polar surface area (TPSA) is 81.4 Å². The Labute approximate surface area is 165 Å². The van der Waals surface area contributed by atoms with Crippen molar-refractivity contribution in [2.45, 2.75) is 59.1 Å². The molecule has 0 aliphatic carbocycles. The van der Waals surface area contributed by atoms with Gasteiger partial charge in [0.1, 0.15) is 11.4 Å². The van der Waals surface area contributed by atoms with Crippen molar-refractivity contribution in [3.05, 3.63) is 53.3 Å². The van der Waals surface area contributed by atoms with Crippen LogP contribution in [-0.4, -0.2) is 31.4 Å². The number of nitrogens with one attached hydrogen (secondary N) is 1. The summed E-state index contributed by atoms with van der Waals surface area (Å²) in [6, 6.07) is 11.1. The number of benzene rings is 1. The third-order valence-electron chi connectivity index (χ3n) is 4.00. The molecular weight excluding hydrogens is 354 g/mol. The summed E-state index contributed by atoms with van der Waals surface area (Å²) in [4.78, 5) is 12.1. The fourth-order valence-electron chi connectivity index (χ4n) is 2.64. The molecule has 0 saturated carbocycles. The van der Waals surface area contributed by atoms with Gasteiger partial charge in [-0.25, -0.2) is 4.79 Å². The van der Waals surface area contributed by atoms with E-state index in [0.29, 0.717) is 12.1 Å². The molecule has 0 unspecified atom stereocenters. The standard InChI is InChI=1S/C21H27N5O2/c1-20(2,3)19-24-23-17-12-11-16(25-26(17)19)22-13-14-7-9-15(10-8-14)18(27)28-21(4,5)6/h7-12H,13H2,1-6H3,(H,22,25). The van der Waals surface area contributed by atoms with E-state index in [0.717, 1.165) is 22.9 Å². The zero-order chi connectivity index (χ0) is 20.5. The van der Waals surface area contributed by atoms with Crippen molar-refractivity contribution in [3.8, 4) is 0 Å². The lowest BCUT2D eigenvalue weighted by atomic mass is 9.96. The van der Waals surface area contributed by atoms with Gasteiger partial charge in [0.2, 0.25) is 0 Å². The van der Waals surface area contributed by atoms with Gasteiger partial charge in [0, 0.05) is 12.0 Å². The van der Waals surface area contributed by atoms with E-state index in [9.17, 15) is 4.79 Å². The number of anilines is 1. The second-order valence-corrected chi connectivity index (χ2v) is 8.81. The van der Waals surface area contributed by atoms with Gasteiger partial charge in [-0.2, -0.15) is 4.52 Å². The number of esters is 1. The molecule has 0 saturated heterocycles. The zero-order valence-electron chi connectivity index (χ0n) is 17.3. The molecule has 0 amide bonds. The van der Waals surface area contributed by atoms with Crippen molar-refractivity contribution in [1.82, 2.24) is 19.8 Å². The van der Waals surface area contributed by atoms with Crippen LogP contribution in [0.3, 0.4) is 0 Å². The predicted octanol–water partition coefficient (Wildman–Crippen LogP) is 3.99. The van der Waals surface area contributed by atoms with Crippen LogP contribution in [0.1, 0.15) is 63.3 Å². The molecule has 28 heavy (non-hydrogen) atoms. The average Bonchev–Trinajstić information content (AvgIpc) is 3.02. The summed E-state index contributed by atoms with van der Waals surface area (Å²) in [5.41, 5.74) is 1.64. The Hall–Kier alpha value is -2.96. The highest BCUT2D eigenvalue weighted by Gasteiger charge is 2.22. The molecule has 1 N–H and O–H groups in total. The Morgan fingerprint density at radius 2 is 1.68 bits per heavy atom. The molecule has 148 valence electrons. The number of fused-ring (bicyclic) bond motifs is 1. The number of aromatic nitrogens is 4. The maximum Gasteiger partial charge on any atom is 0.338 e. The van der Waals surface area contributed by atoms with Gasteiger partial charge < -0.3 is 10.1 Å². The maximum atomic E-state index is 12.1. The molecule has 3 aromatic rings. The van der Waals surface area contributed by atoms with E-state index in [2.05, 4.69) is 41.4 Å². The number of hydrogen-bond donors (Lipinski definition) is 1. The van der Waals surface area contributed by atoms with Crippen LogP contribution >= 0.6 is 0 Å². The van der Waals surface area contributed by atoms with Gasteiger partial charge in [-0.3, -0.25) is 0 Å². The molecule has 7 heteroatoms. The number of nitrogens with zero attached hydrogens (tertiary/aromatic N) is 4. The van der Waals surface area contributed by atoms with E-state index >= 15 is 0 Å². The summed E-state index contributed by atoms with van der Waals surface area (Å²) < 4.78 is 7.16. The van der Waals surface area contributed by atoms with E-state index in [1.807, 2.05) is 45.0 Å². The van der Waals surface area contributed by atoms with E-state index in [-0.39, 0.29) is 11.4 Å². The van der Waals surface area contributed by atoms with Crippen molar-refractivity contribution < 1.29 is 9.53 Å². The maximum absolute atomic E-state index is 12.1. The average molecular weight is 381 g/mol. The first-order chi connectivity index (χ1) is 13.0. The van der Waals surface area contributed by atoms with Crippen LogP contribution in [0.2, 0.25) is 0 Å². The van der Waals surface area contributed by atoms with Crippen LogP contribution in [0.4, 0.5) is 5.82 Å². The highest BCUT2D eigenvalue weighted by Crippen LogP contribution is 2.21.